The molecule has 0 radical (unpaired) electrons. The van der Waals surface area contributed by atoms with Crippen LogP contribution in [0.3, 0.4) is 0 Å². The van der Waals surface area contributed by atoms with Gasteiger partial charge in [0.1, 0.15) is 18.3 Å². The predicted octanol–water partition coefficient (Wildman–Crippen LogP) is 7.60. The summed E-state index contributed by atoms with van der Waals surface area (Å²) in [5.41, 5.74) is -0.127. The summed E-state index contributed by atoms with van der Waals surface area (Å²) in [5, 5.41) is 41.2. The summed E-state index contributed by atoms with van der Waals surface area (Å²) >= 11 is 0. The third-order valence-electron chi connectivity index (χ3n) is 17.2. The van der Waals surface area contributed by atoms with Crippen LogP contribution in [0.1, 0.15) is 144 Å². The summed E-state index contributed by atoms with van der Waals surface area (Å²) in [6.07, 6.45) is 8.76. The minimum absolute atomic E-state index is 0.00297. The number of carbonyl (C=O) groups is 3. The minimum Gasteiger partial charge on any atom is -0.481 e. The van der Waals surface area contributed by atoms with Crippen LogP contribution >= 0.6 is 0 Å². The molecule has 4 saturated carbocycles. The lowest BCUT2D eigenvalue weighted by Crippen LogP contribution is -2.66. The number of nitrogens with zero attached hydrogens (tertiary/aromatic N) is 7. The van der Waals surface area contributed by atoms with Crippen molar-refractivity contribution in [2.45, 2.75) is 145 Å². The van der Waals surface area contributed by atoms with Crippen molar-refractivity contribution in [2.75, 3.05) is 20.6 Å². The van der Waals surface area contributed by atoms with Gasteiger partial charge < -0.3 is 24.4 Å². The maximum absolute atomic E-state index is 14.4. The van der Waals surface area contributed by atoms with E-state index in [2.05, 4.69) is 79.6 Å². The number of aliphatic carboxylic acids is 1. The van der Waals surface area contributed by atoms with Crippen molar-refractivity contribution < 1.29 is 29.3 Å². The van der Waals surface area contributed by atoms with Gasteiger partial charge in [0.2, 0.25) is 5.82 Å². The number of carbonyl (C=O) groups excluding carboxylic acids is 2. The molecule has 0 bridgehead atoms. The number of ether oxygens (including phenoxy) is 1. The van der Waals surface area contributed by atoms with Crippen LogP contribution in [0, 0.1) is 67.5 Å². The zero-order chi connectivity index (χ0) is 44.0. The maximum atomic E-state index is 14.4. The molecule has 2 aromatic heterocycles. The van der Waals surface area contributed by atoms with Crippen LogP contribution in [0.5, 0.6) is 0 Å². The first kappa shape index (κ1) is 44.0. The molecule has 2 heterocycles. The number of hydrogen-bond donors (Lipinski definition) is 2. The molecule has 13 nitrogen and oxygen atoms in total. The lowest BCUT2D eigenvalue weighted by molar-refractivity contribution is -0.235. The minimum atomic E-state index is -1.19. The molecule has 5 aliphatic carbocycles. The van der Waals surface area contributed by atoms with Gasteiger partial charge in [0.25, 0.3) is 0 Å². The van der Waals surface area contributed by atoms with Crippen LogP contribution < -0.4 is 0 Å². The molecule has 0 aliphatic heterocycles. The Morgan fingerprint density at radius 2 is 1.67 bits per heavy atom. The van der Waals surface area contributed by atoms with E-state index in [1.54, 1.807) is 13.8 Å². The van der Waals surface area contributed by atoms with E-state index in [0.717, 1.165) is 56.1 Å². The van der Waals surface area contributed by atoms with E-state index < -0.39 is 28.9 Å². The topological polar surface area (TPSA) is 184 Å². The largest absolute Gasteiger partial charge is 0.481 e. The zero-order valence-electron chi connectivity index (χ0n) is 37.8. The van der Waals surface area contributed by atoms with Crippen LogP contribution in [0.4, 0.5) is 0 Å². The lowest BCUT2D eigenvalue weighted by Gasteiger charge is -2.72. The highest BCUT2D eigenvalue weighted by Gasteiger charge is 2.71. The van der Waals surface area contributed by atoms with Gasteiger partial charge in [-0.3, -0.25) is 14.4 Å². The van der Waals surface area contributed by atoms with Crippen LogP contribution in [0.15, 0.2) is 23.5 Å². The van der Waals surface area contributed by atoms with Crippen molar-refractivity contribution in [3.63, 3.8) is 0 Å². The van der Waals surface area contributed by atoms with E-state index in [1.807, 2.05) is 18.7 Å². The number of aliphatic hydroxyl groups excluding tert-OH is 1. The summed E-state index contributed by atoms with van der Waals surface area (Å²) < 4.78 is 8.10. The SMILES string of the molecule is CC(C)C1=C2[C@H]3CC[C@@H]4[C@@]5(C)CC[C@H](OC(=O)CC(C)(C)C(=O)O)C(C)(C)[C@@H]5CC[C@@]4(C)[C@]3(C)CC[C@@]2([C@H](O)c2nnc(-c3ncc(C#N)cn3)n2CCN(C)C)CC1=O. The first-order chi connectivity index (χ1) is 28.0. The van der Waals surface area contributed by atoms with E-state index in [1.165, 1.54) is 12.4 Å². The number of esters is 1. The van der Waals surface area contributed by atoms with Crippen molar-refractivity contribution >= 4 is 17.7 Å². The number of ketones is 1. The molecular formula is C47H67N7O6. The lowest BCUT2D eigenvalue weighted by atomic mass is 9.33. The highest BCUT2D eigenvalue weighted by Crippen LogP contribution is 2.77. The van der Waals surface area contributed by atoms with E-state index in [-0.39, 0.29) is 58.2 Å². The molecule has 7 rings (SSSR count). The molecule has 60 heavy (non-hydrogen) atoms. The molecule has 4 fully saturated rings. The molecule has 0 spiro atoms. The van der Waals surface area contributed by atoms with Crippen molar-refractivity contribution in [2.24, 2.45) is 56.2 Å². The van der Waals surface area contributed by atoms with E-state index in [4.69, 9.17) is 4.74 Å². The van der Waals surface area contributed by atoms with Crippen LogP contribution in [-0.4, -0.2) is 84.3 Å². The summed E-state index contributed by atoms with van der Waals surface area (Å²) in [6, 6.07) is 2.07. The van der Waals surface area contributed by atoms with Crippen molar-refractivity contribution in [3.05, 3.63) is 34.9 Å². The standard InChI is InChI=1S/C47H67N7O6/c1-27(2)35-30(55)22-47(37(57)39-51-52-40(54(39)21-20-53(10)11)38-49-25-28(24-48)26-50-38)19-18-45(8)29(36(35)47)12-13-32-44(7)16-15-33(60-34(56)23-42(3,4)41(58)59)43(5,6)31(44)14-17-46(32,45)9/h25-27,29,31-33,37,57H,12-23H2,1-11H3,(H,58,59)/t29-,31+,32-,33+,37-,44+,45-,46-,47-/m1/s1. The van der Waals surface area contributed by atoms with Gasteiger partial charge in [-0.25, -0.2) is 9.97 Å². The Balaban J connectivity index is 1.23. The fraction of sp³-hybridized carbons (Fsp3) is 0.745. The number of nitriles is 1. The van der Waals surface area contributed by atoms with E-state index >= 15 is 0 Å². The summed E-state index contributed by atoms with van der Waals surface area (Å²) in [7, 11) is 3.98. The summed E-state index contributed by atoms with van der Waals surface area (Å²) in [4.78, 5) is 50.4. The molecule has 2 aromatic rings. The summed E-state index contributed by atoms with van der Waals surface area (Å²) in [5.74, 6) is 0.654. The Kier molecular flexibility index (Phi) is 11.1. The predicted molar refractivity (Wildman–Crippen MR) is 225 cm³/mol. The molecule has 9 atom stereocenters. The molecule has 326 valence electrons. The Morgan fingerprint density at radius 3 is 2.28 bits per heavy atom. The molecule has 5 aliphatic rings. The molecule has 2 N–H and O–H groups in total. The highest BCUT2D eigenvalue weighted by atomic mass is 16.5. The van der Waals surface area contributed by atoms with Gasteiger partial charge in [-0.1, -0.05) is 48.5 Å². The average molecular weight is 826 g/mol. The van der Waals surface area contributed by atoms with Crippen molar-refractivity contribution in [1.82, 2.24) is 29.6 Å². The zero-order valence-corrected chi connectivity index (χ0v) is 37.8. The quantitative estimate of drug-likeness (QED) is 0.212. The molecule has 0 aromatic carbocycles. The fourth-order valence-corrected chi connectivity index (χ4v) is 13.8. The van der Waals surface area contributed by atoms with Gasteiger partial charge in [-0.2, -0.15) is 5.26 Å². The number of aromatic nitrogens is 5. The molecule has 0 amide bonds. The fourth-order valence-electron chi connectivity index (χ4n) is 13.8. The third kappa shape index (κ3) is 6.65. The number of hydrogen-bond acceptors (Lipinski definition) is 11. The third-order valence-corrected chi connectivity index (χ3v) is 17.2. The molecule has 0 saturated heterocycles. The van der Waals surface area contributed by atoms with Gasteiger partial charge in [0.05, 0.1) is 17.4 Å². The second kappa shape index (κ2) is 15.1. The number of aliphatic hydroxyl groups is 1. The van der Waals surface area contributed by atoms with Gasteiger partial charge in [-0.05, 0) is 130 Å². The molecule has 0 unspecified atom stereocenters. The Labute approximate surface area is 355 Å². The first-order valence-electron chi connectivity index (χ1n) is 22.2. The van der Waals surface area contributed by atoms with Crippen LogP contribution in [0.2, 0.25) is 0 Å². The monoisotopic (exact) mass is 826 g/mol. The van der Waals surface area contributed by atoms with Crippen molar-refractivity contribution in [1.29, 1.82) is 5.26 Å². The molecule has 13 heteroatoms. The van der Waals surface area contributed by atoms with Crippen LogP contribution in [-0.2, 0) is 25.7 Å². The normalized spacial score (nSPS) is 34.0. The van der Waals surface area contributed by atoms with Gasteiger partial charge in [0.15, 0.2) is 17.4 Å². The number of fused-ring (bicyclic) bond motifs is 7. The number of rotatable bonds is 11. The first-order valence-corrected chi connectivity index (χ1v) is 22.2. The van der Waals surface area contributed by atoms with Crippen molar-refractivity contribution in [3.8, 4) is 17.7 Å². The molecular weight excluding hydrogens is 759 g/mol. The van der Waals surface area contributed by atoms with Crippen LogP contribution in [0.25, 0.3) is 11.6 Å². The Bertz CT molecular complexity index is 2120. The maximum Gasteiger partial charge on any atom is 0.309 e. The Morgan fingerprint density at radius 1 is 0.983 bits per heavy atom. The highest BCUT2D eigenvalue weighted by molar-refractivity contribution is 6.00. The Hall–Kier alpha value is -4.02. The van der Waals surface area contributed by atoms with Gasteiger partial charge >= 0.3 is 11.9 Å². The van der Waals surface area contributed by atoms with E-state index in [9.17, 15) is 29.9 Å². The number of allylic oxidation sites excluding steroid dienone is 1. The average Bonchev–Trinajstić information content (AvgIpc) is 3.73. The number of likely N-dealkylation sites (N-methyl/N-ethyl adjacent to an activating group) is 1. The number of carboxylic acid groups (broad SMARTS) is 1. The van der Waals surface area contributed by atoms with Gasteiger partial charge in [-0.15, -0.1) is 10.2 Å². The van der Waals surface area contributed by atoms with Gasteiger partial charge in [0, 0.05) is 42.7 Å². The second-order valence-corrected chi connectivity index (χ2v) is 21.7. The smallest absolute Gasteiger partial charge is 0.309 e. The number of Topliss-reactive ketones (excluding diaryl/α,β-unsaturated/α-hetero) is 1. The summed E-state index contributed by atoms with van der Waals surface area (Å²) in [6.45, 7) is 20.5. The second-order valence-electron chi connectivity index (χ2n) is 21.7. The van der Waals surface area contributed by atoms with E-state index in [0.29, 0.717) is 54.4 Å². The number of carboxylic acids is 1.